The van der Waals surface area contributed by atoms with Gasteiger partial charge < -0.3 is 20.4 Å². The van der Waals surface area contributed by atoms with E-state index in [1.165, 1.54) is 24.3 Å². The molecule has 0 aliphatic heterocycles. The Morgan fingerprint density at radius 2 is 0.962 bits per heavy atom. The molecule has 2 aromatic carbocycles. The number of hydrogen-bond donors (Lipinski definition) is 4. The summed E-state index contributed by atoms with van der Waals surface area (Å²) in [5.74, 6) is -3.10. The maximum absolute atomic E-state index is 11.5. The van der Waals surface area contributed by atoms with Crippen molar-refractivity contribution in [3.63, 3.8) is 0 Å². The molecule has 2 aromatic rings. The van der Waals surface area contributed by atoms with E-state index in [0.29, 0.717) is 0 Å². The van der Waals surface area contributed by atoms with E-state index < -0.39 is 23.8 Å². The topological polar surface area (TPSA) is 115 Å². The van der Waals surface area contributed by atoms with Crippen LogP contribution in [-0.2, 0) is 22.4 Å². The van der Waals surface area contributed by atoms with E-state index in [0.717, 1.165) is 11.1 Å². The van der Waals surface area contributed by atoms with Crippen LogP contribution in [0.25, 0.3) is 0 Å². The van der Waals surface area contributed by atoms with Gasteiger partial charge in [0, 0.05) is 0 Å². The summed E-state index contributed by atoms with van der Waals surface area (Å²) in [5.41, 5.74) is 1.56. The standard InChI is InChI=1S/C20H22O6/c21-17-7-1-13(2-8-17)11-15(19(23)24)5-6-16(20(25)26)12-14-3-9-18(22)10-4-14/h1-4,7-10,15-16,21-22H,5-6,11-12H2,(H,23,24)(H,25,26). The zero-order valence-electron chi connectivity index (χ0n) is 14.2. The van der Waals surface area contributed by atoms with Crippen molar-refractivity contribution >= 4 is 11.9 Å². The summed E-state index contributed by atoms with van der Waals surface area (Å²) in [4.78, 5) is 23.0. The van der Waals surface area contributed by atoms with Gasteiger partial charge >= 0.3 is 11.9 Å². The lowest BCUT2D eigenvalue weighted by Gasteiger charge is -2.17. The molecular formula is C20H22O6. The van der Waals surface area contributed by atoms with Gasteiger partial charge in [0.1, 0.15) is 11.5 Å². The van der Waals surface area contributed by atoms with Crippen LogP contribution in [-0.4, -0.2) is 32.4 Å². The summed E-state index contributed by atoms with van der Waals surface area (Å²) in [5, 5.41) is 37.5. The highest BCUT2D eigenvalue weighted by Gasteiger charge is 2.24. The first-order valence-corrected chi connectivity index (χ1v) is 8.36. The lowest BCUT2D eigenvalue weighted by atomic mass is 9.88. The number of aromatic hydroxyl groups is 2. The van der Waals surface area contributed by atoms with Gasteiger partial charge in [-0.15, -0.1) is 0 Å². The molecule has 0 amide bonds. The van der Waals surface area contributed by atoms with Gasteiger partial charge in [-0.3, -0.25) is 9.59 Å². The van der Waals surface area contributed by atoms with Crippen LogP contribution in [0.15, 0.2) is 48.5 Å². The van der Waals surface area contributed by atoms with Gasteiger partial charge in [0.15, 0.2) is 0 Å². The van der Waals surface area contributed by atoms with Crippen LogP contribution in [0.1, 0.15) is 24.0 Å². The number of aliphatic carboxylic acids is 2. The predicted octanol–water partition coefficient (Wildman–Crippen LogP) is 3.06. The van der Waals surface area contributed by atoms with Crippen LogP contribution >= 0.6 is 0 Å². The van der Waals surface area contributed by atoms with Crippen molar-refractivity contribution in [2.45, 2.75) is 25.7 Å². The Morgan fingerprint density at radius 3 is 1.23 bits per heavy atom. The Labute approximate surface area is 151 Å². The maximum Gasteiger partial charge on any atom is 0.306 e. The van der Waals surface area contributed by atoms with E-state index in [2.05, 4.69) is 0 Å². The van der Waals surface area contributed by atoms with Crippen molar-refractivity contribution in [3.05, 3.63) is 59.7 Å². The molecule has 4 N–H and O–H groups in total. The molecule has 6 nitrogen and oxygen atoms in total. The number of carboxylic acid groups (broad SMARTS) is 2. The third-order valence-corrected chi connectivity index (χ3v) is 4.40. The average Bonchev–Trinajstić information content (AvgIpc) is 2.60. The highest BCUT2D eigenvalue weighted by molar-refractivity contribution is 5.72. The first-order chi connectivity index (χ1) is 12.3. The SMILES string of the molecule is O=C(O)C(CCC(Cc1ccc(O)cc1)C(=O)O)Cc1ccc(O)cc1. The monoisotopic (exact) mass is 358 g/mol. The summed E-state index contributed by atoms with van der Waals surface area (Å²) in [7, 11) is 0. The molecule has 0 bridgehead atoms. The van der Waals surface area contributed by atoms with E-state index in [4.69, 9.17) is 0 Å². The fraction of sp³-hybridized carbons (Fsp3) is 0.300. The molecule has 2 rings (SSSR count). The van der Waals surface area contributed by atoms with Gasteiger partial charge in [0.2, 0.25) is 0 Å². The van der Waals surface area contributed by atoms with E-state index in [1.54, 1.807) is 24.3 Å². The van der Waals surface area contributed by atoms with Gasteiger partial charge in [-0.1, -0.05) is 24.3 Å². The molecule has 26 heavy (non-hydrogen) atoms. The summed E-state index contributed by atoms with van der Waals surface area (Å²) in [6, 6.07) is 12.6. The van der Waals surface area contributed by atoms with Crippen molar-refractivity contribution in [1.29, 1.82) is 0 Å². The highest BCUT2D eigenvalue weighted by atomic mass is 16.4. The van der Waals surface area contributed by atoms with E-state index in [9.17, 15) is 30.0 Å². The lowest BCUT2D eigenvalue weighted by molar-refractivity contribution is -0.145. The number of carbonyl (C=O) groups is 2. The summed E-state index contributed by atoms with van der Waals surface area (Å²) in [6.07, 6.45) is 1.04. The van der Waals surface area contributed by atoms with Crippen LogP contribution in [0, 0.1) is 11.8 Å². The molecular weight excluding hydrogens is 336 g/mol. The third-order valence-electron chi connectivity index (χ3n) is 4.40. The molecule has 0 aliphatic rings. The second-order valence-corrected chi connectivity index (χ2v) is 6.39. The van der Waals surface area contributed by atoms with Gasteiger partial charge in [0.25, 0.3) is 0 Å². The molecule has 0 heterocycles. The van der Waals surface area contributed by atoms with Crippen molar-refractivity contribution in [1.82, 2.24) is 0 Å². The van der Waals surface area contributed by atoms with Crippen molar-refractivity contribution < 1.29 is 30.0 Å². The molecule has 0 spiro atoms. The minimum absolute atomic E-state index is 0.112. The fourth-order valence-corrected chi connectivity index (χ4v) is 2.86. The number of carboxylic acids is 2. The molecule has 6 heteroatoms. The maximum atomic E-state index is 11.5. The fourth-order valence-electron chi connectivity index (χ4n) is 2.86. The van der Waals surface area contributed by atoms with Gasteiger partial charge in [0.05, 0.1) is 11.8 Å². The highest BCUT2D eigenvalue weighted by Crippen LogP contribution is 2.23. The van der Waals surface area contributed by atoms with Gasteiger partial charge in [-0.05, 0) is 61.1 Å². The minimum Gasteiger partial charge on any atom is -0.508 e. The normalized spacial score (nSPS) is 13.1. The Kier molecular flexibility index (Phi) is 6.60. The van der Waals surface area contributed by atoms with Gasteiger partial charge in [-0.2, -0.15) is 0 Å². The number of phenolic OH excluding ortho intramolecular Hbond substituents is 2. The van der Waals surface area contributed by atoms with Crippen LogP contribution in [0.3, 0.4) is 0 Å². The summed E-state index contributed by atoms with van der Waals surface area (Å²) >= 11 is 0. The smallest absolute Gasteiger partial charge is 0.306 e. The largest absolute Gasteiger partial charge is 0.508 e. The zero-order chi connectivity index (χ0) is 19.1. The third kappa shape index (κ3) is 5.81. The number of hydrogen-bond acceptors (Lipinski definition) is 4. The minimum atomic E-state index is -0.966. The van der Waals surface area contributed by atoms with Gasteiger partial charge in [-0.25, -0.2) is 0 Å². The predicted molar refractivity (Wildman–Crippen MR) is 95.1 cm³/mol. The molecule has 0 aromatic heterocycles. The molecule has 2 unspecified atom stereocenters. The first kappa shape index (κ1) is 19.3. The quantitative estimate of drug-likeness (QED) is 0.548. The Morgan fingerprint density at radius 1 is 0.654 bits per heavy atom. The Bertz CT molecular complexity index is 670. The van der Waals surface area contributed by atoms with Crippen LogP contribution in [0.4, 0.5) is 0 Å². The number of benzene rings is 2. The molecule has 0 saturated carbocycles. The first-order valence-electron chi connectivity index (χ1n) is 8.36. The number of rotatable bonds is 9. The average molecular weight is 358 g/mol. The molecule has 2 atom stereocenters. The zero-order valence-corrected chi connectivity index (χ0v) is 14.2. The molecule has 0 fully saturated rings. The Balaban J connectivity index is 1.99. The van der Waals surface area contributed by atoms with E-state index in [1.807, 2.05) is 0 Å². The second-order valence-electron chi connectivity index (χ2n) is 6.39. The van der Waals surface area contributed by atoms with Crippen molar-refractivity contribution in [2.75, 3.05) is 0 Å². The van der Waals surface area contributed by atoms with Crippen LogP contribution in [0.2, 0.25) is 0 Å². The lowest BCUT2D eigenvalue weighted by Crippen LogP contribution is -2.22. The summed E-state index contributed by atoms with van der Waals surface area (Å²) in [6.45, 7) is 0. The molecule has 0 aliphatic carbocycles. The Hall–Kier alpha value is -3.02. The molecule has 0 saturated heterocycles. The summed E-state index contributed by atoms with van der Waals surface area (Å²) < 4.78 is 0. The van der Waals surface area contributed by atoms with Crippen molar-refractivity contribution in [2.24, 2.45) is 11.8 Å². The van der Waals surface area contributed by atoms with Crippen molar-refractivity contribution in [3.8, 4) is 11.5 Å². The van der Waals surface area contributed by atoms with Crippen LogP contribution in [0.5, 0.6) is 11.5 Å². The van der Waals surface area contributed by atoms with E-state index in [-0.39, 0.29) is 37.2 Å². The molecule has 0 radical (unpaired) electrons. The number of phenols is 2. The van der Waals surface area contributed by atoms with E-state index >= 15 is 0 Å². The van der Waals surface area contributed by atoms with Crippen LogP contribution < -0.4 is 0 Å². The molecule has 138 valence electrons. The second kappa shape index (κ2) is 8.89.